The van der Waals surface area contributed by atoms with Gasteiger partial charge in [0.25, 0.3) is 0 Å². The fourth-order valence-corrected chi connectivity index (χ4v) is 7.33. The van der Waals surface area contributed by atoms with Crippen LogP contribution >= 0.6 is 0 Å². The van der Waals surface area contributed by atoms with E-state index >= 15 is 0 Å². The van der Waals surface area contributed by atoms with Crippen LogP contribution in [0.4, 0.5) is 0 Å². The number of rotatable bonds is 9. The zero-order valence-corrected chi connectivity index (χ0v) is 31.2. The number of hydrogen-bond donors (Lipinski definition) is 5. The average molecular weight is 718 g/mol. The number of cyclic esters (lactones) is 1. The van der Waals surface area contributed by atoms with Gasteiger partial charge in [0.15, 0.2) is 12.6 Å². The van der Waals surface area contributed by atoms with Gasteiger partial charge in [0.05, 0.1) is 48.6 Å². The van der Waals surface area contributed by atoms with Crippen LogP contribution in [0.15, 0.2) is 24.3 Å². The number of aliphatic hydroxyl groups is 5. The minimum absolute atomic E-state index is 0.00740. The topological polar surface area (TPSA) is 186 Å². The lowest BCUT2D eigenvalue weighted by molar-refractivity contribution is -0.344. The van der Waals surface area contributed by atoms with E-state index < -0.39 is 97.1 Å². The number of hydrogen-bond acceptors (Lipinski definition) is 14. The van der Waals surface area contributed by atoms with Crippen molar-refractivity contribution >= 4 is 5.97 Å². The Kier molecular flexibility index (Phi) is 16.7. The van der Waals surface area contributed by atoms with Gasteiger partial charge in [0.1, 0.15) is 30.5 Å². The van der Waals surface area contributed by atoms with Gasteiger partial charge in [0.2, 0.25) is 0 Å². The van der Waals surface area contributed by atoms with Crippen LogP contribution in [0.2, 0.25) is 0 Å². The van der Waals surface area contributed by atoms with E-state index in [4.69, 9.17) is 33.2 Å². The van der Waals surface area contributed by atoms with Crippen molar-refractivity contribution < 1.29 is 63.5 Å². The maximum atomic E-state index is 13.1. The molecule has 5 N–H and O–H groups in total. The molecule has 0 aromatic rings. The molecule has 3 aliphatic heterocycles. The van der Waals surface area contributed by atoms with Gasteiger partial charge < -0.3 is 63.6 Å². The zero-order valence-electron chi connectivity index (χ0n) is 31.2. The third-order valence-electron chi connectivity index (χ3n) is 10.2. The van der Waals surface area contributed by atoms with Crippen LogP contribution in [-0.2, 0) is 38.0 Å². The molecule has 8 unspecified atom stereocenters. The molecule has 0 radical (unpaired) electrons. The summed E-state index contributed by atoms with van der Waals surface area (Å²) in [5, 5.41) is 54.3. The van der Waals surface area contributed by atoms with Crippen molar-refractivity contribution in [3.05, 3.63) is 24.3 Å². The van der Waals surface area contributed by atoms with Crippen LogP contribution in [0.3, 0.4) is 0 Å². The molecular formula is C36H63NO13. The summed E-state index contributed by atoms with van der Waals surface area (Å²) in [6, 6.07) is -0.670. The van der Waals surface area contributed by atoms with Gasteiger partial charge in [-0.15, -0.1) is 0 Å². The molecule has 0 bridgehead atoms. The van der Waals surface area contributed by atoms with Crippen molar-refractivity contribution in [2.24, 2.45) is 11.8 Å². The summed E-state index contributed by atoms with van der Waals surface area (Å²) in [6.07, 6.45) is -2.22. The Bertz CT molecular complexity index is 1090. The van der Waals surface area contributed by atoms with Gasteiger partial charge in [-0.25, -0.2) is 0 Å². The van der Waals surface area contributed by atoms with Gasteiger partial charge in [0, 0.05) is 33.7 Å². The Labute approximate surface area is 297 Å². The average Bonchev–Trinajstić information content (AvgIpc) is 3.03. The second-order valence-corrected chi connectivity index (χ2v) is 14.6. The maximum Gasteiger partial charge on any atom is 0.308 e. The number of nitrogens with zero attached hydrogens (tertiary/aromatic N) is 1. The predicted molar refractivity (Wildman–Crippen MR) is 183 cm³/mol. The molecule has 3 aliphatic rings. The first-order chi connectivity index (χ1) is 23.5. The third kappa shape index (κ3) is 11.2. The number of allylic oxidation sites excluding steroid dienone is 2. The number of methoxy groups -OCH3 is 2. The monoisotopic (exact) mass is 717 g/mol. The molecule has 3 rings (SSSR count). The number of aliphatic hydroxyl groups excluding tert-OH is 4. The Morgan fingerprint density at radius 1 is 0.960 bits per heavy atom. The lowest BCUT2D eigenvalue weighted by atomic mass is 9.82. The van der Waals surface area contributed by atoms with Gasteiger partial charge in [-0.3, -0.25) is 4.79 Å². The maximum absolute atomic E-state index is 13.1. The lowest BCUT2D eigenvalue weighted by Gasteiger charge is -2.50. The second-order valence-electron chi connectivity index (χ2n) is 14.6. The van der Waals surface area contributed by atoms with Crippen LogP contribution in [0.25, 0.3) is 0 Å². The summed E-state index contributed by atoms with van der Waals surface area (Å²) in [5.74, 6) is -1.19. The van der Waals surface area contributed by atoms with Crippen molar-refractivity contribution in [3.8, 4) is 0 Å². The Morgan fingerprint density at radius 3 is 2.26 bits per heavy atom. The molecule has 0 saturated carbocycles. The Hall–Kier alpha value is -1.53. The standard InChI is InChI=1S/C36H63NO13/c1-20-17-24(15-16-38)32(33(45-9)26(44-8)18-27(40)46-21(2)13-11-10-12-14-25(20)39)50-35-30(41)29(37(6)7)31(22(3)48-35)49-28-19-36(5,43)34(42)23(4)47-28/h10-12,14,20-26,28-35,38-39,41-43H,13,15-19H2,1-9H3/t20-,21-,22+,23+,24?,25?,26?,28?,29+,30?,31?,32-,33?,34?,35-,36+/m0/s1. The number of likely N-dealkylation sites (N-methyl/N-ethyl adjacent to an activating group) is 1. The molecule has 0 amide bonds. The minimum Gasteiger partial charge on any atom is -0.462 e. The van der Waals surface area contributed by atoms with E-state index in [1.165, 1.54) is 21.1 Å². The highest BCUT2D eigenvalue weighted by Gasteiger charge is 2.51. The summed E-state index contributed by atoms with van der Waals surface area (Å²) in [7, 11) is 6.53. The Balaban J connectivity index is 1.97. The molecule has 0 spiro atoms. The van der Waals surface area contributed by atoms with Gasteiger partial charge in [-0.05, 0) is 66.5 Å². The van der Waals surface area contributed by atoms with E-state index in [-0.39, 0.29) is 31.8 Å². The normalized spacial score (nSPS) is 44.3. The highest BCUT2D eigenvalue weighted by Crippen LogP contribution is 2.37. The van der Waals surface area contributed by atoms with Crippen molar-refractivity contribution in [2.75, 3.05) is 34.9 Å². The Morgan fingerprint density at radius 2 is 1.66 bits per heavy atom. The van der Waals surface area contributed by atoms with E-state index in [1.54, 1.807) is 58.0 Å². The summed E-state index contributed by atoms with van der Waals surface area (Å²) < 4.78 is 42.7. The third-order valence-corrected chi connectivity index (χ3v) is 10.2. The van der Waals surface area contributed by atoms with E-state index in [1.807, 2.05) is 13.0 Å². The van der Waals surface area contributed by atoms with Gasteiger partial charge >= 0.3 is 5.97 Å². The summed E-state index contributed by atoms with van der Waals surface area (Å²) in [6.45, 7) is 8.47. The number of esters is 1. The molecule has 14 nitrogen and oxygen atoms in total. The van der Waals surface area contributed by atoms with Crippen LogP contribution in [-0.4, -0.2) is 157 Å². The molecule has 2 fully saturated rings. The highest BCUT2D eigenvalue weighted by molar-refractivity contribution is 5.70. The molecular weight excluding hydrogens is 654 g/mol. The fraction of sp³-hybridized carbons (Fsp3) is 0.861. The summed E-state index contributed by atoms with van der Waals surface area (Å²) in [5.41, 5.74) is -1.44. The van der Waals surface area contributed by atoms with Crippen molar-refractivity contribution in [3.63, 3.8) is 0 Å². The molecule has 16 atom stereocenters. The molecule has 2 saturated heterocycles. The first-order valence-corrected chi connectivity index (χ1v) is 17.8. The SMILES string of the molecule is COC1CC(=O)O[C@@H](C)CC=CC=CC(O)[C@@H](C)CC(CCO)[C@H](O[C@@H]2O[C@H](C)C(OC3C[C@@](C)(O)C(O)[C@@H](C)O3)[C@H](N(C)C)C2O)C1OC. The van der Waals surface area contributed by atoms with E-state index in [9.17, 15) is 30.3 Å². The van der Waals surface area contributed by atoms with Gasteiger partial charge in [-0.1, -0.05) is 31.2 Å². The van der Waals surface area contributed by atoms with Crippen molar-refractivity contribution in [1.82, 2.24) is 4.90 Å². The number of ether oxygens (including phenoxy) is 7. The van der Waals surface area contributed by atoms with Crippen molar-refractivity contribution in [1.29, 1.82) is 0 Å². The summed E-state index contributed by atoms with van der Waals surface area (Å²) >= 11 is 0. The van der Waals surface area contributed by atoms with E-state index in [2.05, 4.69) is 0 Å². The molecule has 290 valence electrons. The van der Waals surface area contributed by atoms with Crippen LogP contribution in [0, 0.1) is 11.8 Å². The first-order valence-electron chi connectivity index (χ1n) is 17.8. The van der Waals surface area contributed by atoms with E-state index in [0.717, 1.165) is 0 Å². The van der Waals surface area contributed by atoms with E-state index in [0.29, 0.717) is 12.8 Å². The predicted octanol–water partition coefficient (Wildman–Crippen LogP) is 1.29. The van der Waals surface area contributed by atoms with Crippen molar-refractivity contribution in [2.45, 2.75) is 152 Å². The smallest absolute Gasteiger partial charge is 0.308 e. The molecule has 0 aromatic heterocycles. The second kappa shape index (κ2) is 19.5. The van der Waals surface area contributed by atoms with Crippen LogP contribution in [0.1, 0.15) is 66.7 Å². The lowest BCUT2D eigenvalue weighted by Crippen LogP contribution is -2.65. The largest absolute Gasteiger partial charge is 0.462 e. The van der Waals surface area contributed by atoms with Gasteiger partial charge in [-0.2, -0.15) is 0 Å². The first kappa shape index (κ1) is 42.9. The zero-order chi connectivity index (χ0) is 37.3. The minimum atomic E-state index is -1.44. The number of carbonyl (C=O) groups excluding carboxylic acids is 1. The molecule has 14 heteroatoms. The summed E-state index contributed by atoms with van der Waals surface area (Å²) in [4.78, 5) is 14.9. The molecule has 0 aromatic carbocycles. The molecule has 3 heterocycles. The molecule has 50 heavy (non-hydrogen) atoms. The van der Waals surface area contributed by atoms with Crippen LogP contribution in [0.5, 0.6) is 0 Å². The fourth-order valence-electron chi connectivity index (χ4n) is 7.33. The number of carbonyl (C=O) groups is 1. The highest BCUT2D eigenvalue weighted by atomic mass is 16.7. The van der Waals surface area contributed by atoms with Crippen LogP contribution < -0.4 is 0 Å². The quantitative estimate of drug-likeness (QED) is 0.215. The molecule has 0 aliphatic carbocycles.